The highest BCUT2D eigenvalue weighted by molar-refractivity contribution is 5.80. The molecule has 0 saturated carbocycles. The fourth-order valence-corrected chi connectivity index (χ4v) is 2.22. The van der Waals surface area contributed by atoms with Crippen LogP contribution in [0.15, 0.2) is 18.3 Å². The normalized spacial score (nSPS) is 19.4. The molecule has 1 unspecified atom stereocenters. The van der Waals surface area contributed by atoms with Crippen LogP contribution in [0.1, 0.15) is 29.6 Å². The molecule has 1 atom stereocenters. The van der Waals surface area contributed by atoms with E-state index in [-0.39, 0.29) is 12.0 Å². The van der Waals surface area contributed by atoms with Crippen molar-refractivity contribution in [1.82, 2.24) is 4.98 Å². The molecule has 1 aliphatic heterocycles. The number of pyridine rings is 1. The number of hydrogen-bond donors (Lipinski definition) is 0. The molecule has 2 rings (SSSR count). The van der Waals surface area contributed by atoms with Gasteiger partial charge in [-0.05, 0) is 31.4 Å². The molecule has 0 bridgehead atoms. The second kappa shape index (κ2) is 5.62. The lowest BCUT2D eigenvalue weighted by Crippen LogP contribution is -2.45. The first-order valence-electron chi connectivity index (χ1n) is 6.02. The van der Waals surface area contributed by atoms with Crippen molar-refractivity contribution in [3.05, 3.63) is 23.9 Å². The van der Waals surface area contributed by atoms with Gasteiger partial charge in [-0.2, -0.15) is 0 Å². The molecule has 1 aromatic heterocycles. The number of aldehydes is 1. The van der Waals surface area contributed by atoms with E-state index in [0.29, 0.717) is 5.56 Å². The smallest absolute Gasteiger partial charge is 0.328 e. The number of esters is 1. The largest absolute Gasteiger partial charge is 0.467 e. The van der Waals surface area contributed by atoms with Crippen LogP contribution in [-0.2, 0) is 9.53 Å². The molecule has 5 nitrogen and oxygen atoms in total. The highest BCUT2D eigenvalue weighted by Gasteiger charge is 2.30. The molecule has 0 aromatic carbocycles. The number of rotatable bonds is 3. The molecule has 5 heteroatoms. The number of hydrogen-bond acceptors (Lipinski definition) is 5. The van der Waals surface area contributed by atoms with Crippen LogP contribution in [0.25, 0.3) is 0 Å². The van der Waals surface area contributed by atoms with E-state index in [4.69, 9.17) is 4.74 Å². The monoisotopic (exact) mass is 248 g/mol. The van der Waals surface area contributed by atoms with Crippen molar-refractivity contribution in [3.63, 3.8) is 0 Å². The Morgan fingerprint density at radius 1 is 1.50 bits per heavy atom. The maximum Gasteiger partial charge on any atom is 0.328 e. The number of anilines is 1. The molecule has 96 valence electrons. The predicted molar refractivity (Wildman–Crippen MR) is 66.6 cm³/mol. The van der Waals surface area contributed by atoms with E-state index in [2.05, 4.69) is 4.98 Å². The summed E-state index contributed by atoms with van der Waals surface area (Å²) >= 11 is 0. The number of methoxy groups -OCH3 is 1. The topological polar surface area (TPSA) is 59.5 Å². The molecule has 1 fully saturated rings. The Hall–Kier alpha value is -1.91. The Morgan fingerprint density at radius 2 is 2.33 bits per heavy atom. The maximum absolute atomic E-state index is 11.7. The summed E-state index contributed by atoms with van der Waals surface area (Å²) in [4.78, 5) is 28.5. The SMILES string of the molecule is COC(=O)C1CCCCN1c1ccc(C=O)cn1. The summed E-state index contributed by atoms with van der Waals surface area (Å²) in [6.45, 7) is 0.785. The van der Waals surface area contributed by atoms with E-state index >= 15 is 0 Å². The third-order valence-corrected chi connectivity index (χ3v) is 3.18. The van der Waals surface area contributed by atoms with E-state index in [1.165, 1.54) is 13.3 Å². The molecule has 0 N–H and O–H groups in total. The van der Waals surface area contributed by atoms with E-state index in [1.807, 2.05) is 4.90 Å². The highest BCUT2D eigenvalue weighted by atomic mass is 16.5. The van der Waals surface area contributed by atoms with Crippen molar-refractivity contribution >= 4 is 18.1 Å². The zero-order chi connectivity index (χ0) is 13.0. The van der Waals surface area contributed by atoms with E-state index < -0.39 is 0 Å². The van der Waals surface area contributed by atoms with E-state index in [0.717, 1.165) is 37.9 Å². The van der Waals surface area contributed by atoms with E-state index in [9.17, 15) is 9.59 Å². The van der Waals surface area contributed by atoms with Gasteiger partial charge in [-0.15, -0.1) is 0 Å². The Morgan fingerprint density at radius 3 is 2.94 bits per heavy atom. The summed E-state index contributed by atoms with van der Waals surface area (Å²) in [5.41, 5.74) is 0.533. The lowest BCUT2D eigenvalue weighted by atomic mass is 10.0. The lowest BCUT2D eigenvalue weighted by molar-refractivity contribution is -0.142. The van der Waals surface area contributed by atoms with Gasteiger partial charge in [0.2, 0.25) is 0 Å². The first kappa shape index (κ1) is 12.5. The minimum absolute atomic E-state index is 0.226. The van der Waals surface area contributed by atoms with Gasteiger partial charge in [-0.25, -0.2) is 9.78 Å². The zero-order valence-electron chi connectivity index (χ0n) is 10.3. The second-order valence-corrected chi connectivity index (χ2v) is 4.30. The molecule has 1 aromatic rings. The molecule has 2 heterocycles. The highest BCUT2D eigenvalue weighted by Crippen LogP contribution is 2.23. The molecular formula is C13H16N2O3. The molecule has 0 amide bonds. The van der Waals surface area contributed by atoms with Crippen molar-refractivity contribution < 1.29 is 14.3 Å². The van der Waals surface area contributed by atoms with Gasteiger partial charge in [0.15, 0.2) is 6.29 Å². The summed E-state index contributed by atoms with van der Waals surface area (Å²) in [6, 6.07) is 3.21. The Kier molecular flexibility index (Phi) is 3.92. The van der Waals surface area contributed by atoms with Crippen LogP contribution in [0.2, 0.25) is 0 Å². The lowest BCUT2D eigenvalue weighted by Gasteiger charge is -2.34. The number of aromatic nitrogens is 1. The number of ether oxygens (including phenoxy) is 1. The van der Waals surface area contributed by atoms with Crippen molar-refractivity contribution in [2.45, 2.75) is 25.3 Å². The first-order valence-corrected chi connectivity index (χ1v) is 6.02. The van der Waals surface area contributed by atoms with Crippen molar-refractivity contribution in [3.8, 4) is 0 Å². The Bertz CT molecular complexity index is 430. The van der Waals surface area contributed by atoms with Crippen LogP contribution in [-0.4, -0.2) is 36.9 Å². The predicted octanol–water partition coefficient (Wildman–Crippen LogP) is 1.43. The summed E-state index contributed by atoms with van der Waals surface area (Å²) in [5.74, 6) is 0.492. The number of carbonyl (C=O) groups is 2. The summed E-state index contributed by atoms with van der Waals surface area (Å²) in [5, 5.41) is 0. The van der Waals surface area contributed by atoms with Gasteiger partial charge in [0.25, 0.3) is 0 Å². The molecule has 1 saturated heterocycles. The number of nitrogens with zero attached hydrogens (tertiary/aromatic N) is 2. The maximum atomic E-state index is 11.7. The molecular weight excluding hydrogens is 232 g/mol. The second-order valence-electron chi connectivity index (χ2n) is 4.30. The van der Waals surface area contributed by atoms with Gasteiger partial charge in [0.1, 0.15) is 11.9 Å². The summed E-state index contributed by atoms with van der Waals surface area (Å²) < 4.78 is 4.82. The van der Waals surface area contributed by atoms with Crippen LogP contribution < -0.4 is 4.90 Å². The van der Waals surface area contributed by atoms with Gasteiger partial charge in [0, 0.05) is 18.3 Å². The number of carbonyl (C=O) groups excluding carboxylic acids is 2. The third kappa shape index (κ3) is 2.50. The van der Waals surface area contributed by atoms with Crippen LogP contribution in [0, 0.1) is 0 Å². The number of piperidine rings is 1. The van der Waals surface area contributed by atoms with Gasteiger partial charge in [-0.3, -0.25) is 4.79 Å². The van der Waals surface area contributed by atoms with Crippen LogP contribution in [0.4, 0.5) is 5.82 Å². The quantitative estimate of drug-likeness (QED) is 0.598. The van der Waals surface area contributed by atoms with Crippen molar-refractivity contribution in [1.29, 1.82) is 0 Å². The minimum Gasteiger partial charge on any atom is -0.467 e. The average Bonchev–Trinajstić information content (AvgIpc) is 2.46. The van der Waals surface area contributed by atoms with Crippen molar-refractivity contribution in [2.75, 3.05) is 18.6 Å². The van der Waals surface area contributed by atoms with Gasteiger partial charge in [-0.1, -0.05) is 0 Å². The van der Waals surface area contributed by atoms with Crippen molar-refractivity contribution in [2.24, 2.45) is 0 Å². The van der Waals surface area contributed by atoms with E-state index in [1.54, 1.807) is 12.1 Å². The van der Waals surface area contributed by atoms with Gasteiger partial charge >= 0.3 is 5.97 Å². The molecule has 0 aliphatic carbocycles. The van der Waals surface area contributed by atoms with Gasteiger partial charge in [0.05, 0.1) is 7.11 Å². The van der Waals surface area contributed by atoms with Crippen LogP contribution >= 0.6 is 0 Å². The Labute approximate surface area is 106 Å². The van der Waals surface area contributed by atoms with Crippen LogP contribution in [0.3, 0.4) is 0 Å². The minimum atomic E-state index is -0.265. The summed E-state index contributed by atoms with van der Waals surface area (Å²) in [6.07, 6.45) is 5.10. The molecule has 18 heavy (non-hydrogen) atoms. The fraction of sp³-hybridized carbons (Fsp3) is 0.462. The average molecular weight is 248 g/mol. The first-order chi connectivity index (χ1) is 8.76. The van der Waals surface area contributed by atoms with Gasteiger partial charge < -0.3 is 9.64 Å². The molecule has 0 spiro atoms. The standard InChI is InChI=1S/C13H16N2O3/c1-18-13(17)11-4-2-3-7-15(11)12-6-5-10(9-16)8-14-12/h5-6,8-9,11H,2-4,7H2,1H3. The Balaban J connectivity index is 2.21. The zero-order valence-corrected chi connectivity index (χ0v) is 10.3. The fourth-order valence-electron chi connectivity index (χ4n) is 2.22. The molecule has 0 radical (unpaired) electrons. The third-order valence-electron chi connectivity index (χ3n) is 3.18. The summed E-state index contributed by atoms with van der Waals surface area (Å²) in [7, 11) is 1.40. The van der Waals surface area contributed by atoms with Crippen LogP contribution in [0.5, 0.6) is 0 Å². The molecule has 1 aliphatic rings.